The van der Waals surface area contributed by atoms with Crippen LogP contribution in [0.5, 0.6) is 5.88 Å². The monoisotopic (exact) mass is 450 g/mol. The Morgan fingerprint density at radius 3 is 2.81 bits per heavy atom. The van der Waals surface area contributed by atoms with Crippen molar-refractivity contribution in [3.63, 3.8) is 0 Å². The van der Waals surface area contributed by atoms with Crippen molar-refractivity contribution >= 4 is 57.3 Å². The molecule has 0 unspecified atom stereocenters. The molecule has 31 heavy (non-hydrogen) atoms. The van der Waals surface area contributed by atoms with Gasteiger partial charge >= 0.3 is 0 Å². The van der Waals surface area contributed by atoms with Gasteiger partial charge in [0.15, 0.2) is 6.73 Å². The van der Waals surface area contributed by atoms with Crippen molar-refractivity contribution in [2.24, 2.45) is 0 Å². The van der Waals surface area contributed by atoms with Crippen molar-refractivity contribution in [3.8, 4) is 11.9 Å². The third-order valence-electron chi connectivity index (χ3n) is 4.80. The quantitative estimate of drug-likeness (QED) is 0.460. The van der Waals surface area contributed by atoms with Crippen LogP contribution < -0.4 is 15.0 Å². The number of aromatic amines is 1. The van der Waals surface area contributed by atoms with Gasteiger partial charge in [0, 0.05) is 23.5 Å². The van der Waals surface area contributed by atoms with E-state index in [0.717, 1.165) is 10.9 Å². The maximum absolute atomic E-state index is 13.0. The molecule has 10 heteroatoms. The fraction of sp³-hybridized carbons (Fsp3) is 0.0476. The zero-order valence-corrected chi connectivity index (χ0v) is 17.2. The number of hydrogen-bond acceptors (Lipinski definition) is 6. The van der Waals surface area contributed by atoms with E-state index in [9.17, 15) is 10.1 Å². The molecule has 0 aliphatic carbocycles. The second kappa shape index (κ2) is 7.47. The second-order valence-electron chi connectivity index (χ2n) is 6.69. The van der Waals surface area contributed by atoms with Gasteiger partial charge < -0.3 is 15.0 Å². The van der Waals surface area contributed by atoms with Crippen LogP contribution in [0.25, 0.3) is 10.9 Å². The van der Waals surface area contributed by atoms with Crippen molar-refractivity contribution in [1.29, 1.82) is 5.26 Å². The predicted octanol–water partition coefficient (Wildman–Crippen LogP) is 4.88. The topological polar surface area (TPSA) is 107 Å². The number of nitrogens with one attached hydrogen (secondary N) is 2. The lowest BCUT2D eigenvalue weighted by molar-refractivity contribution is 0.0932. The Hall–Kier alpha value is -3.80. The van der Waals surface area contributed by atoms with Gasteiger partial charge in [-0.3, -0.25) is 9.69 Å². The summed E-state index contributed by atoms with van der Waals surface area (Å²) in [6.07, 6.45) is 3.14. The minimum Gasteiger partial charge on any atom is -0.455 e. The summed E-state index contributed by atoms with van der Waals surface area (Å²) < 4.78 is 5.69. The highest BCUT2D eigenvalue weighted by atomic mass is 35.5. The summed E-state index contributed by atoms with van der Waals surface area (Å²) in [5.41, 5.74) is 2.43. The average molecular weight is 451 g/mol. The van der Waals surface area contributed by atoms with Crippen LogP contribution in [-0.2, 0) is 0 Å². The van der Waals surface area contributed by atoms with E-state index in [2.05, 4.69) is 26.3 Å². The molecule has 2 N–H and O–H groups in total. The van der Waals surface area contributed by atoms with Crippen molar-refractivity contribution in [2.75, 3.05) is 16.9 Å². The van der Waals surface area contributed by atoms with Crippen molar-refractivity contribution in [3.05, 3.63) is 70.0 Å². The number of benzene rings is 2. The molecule has 2 aromatic carbocycles. The zero-order valence-electron chi connectivity index (χ0n) is 15.7. The molecule has 3 heterocycles. The maximum Gasteiger partial charge on any atom is 0.268 e. The van der Waals surface area contributed by atoms with E-state index < -0.39 is 0 Å². The zero-order chi connectivity index (χ0) is 21.5. The van der Waals surface area contributed by atoms with Gasteiger partial charge in [0.2, 0.25) is 11.8 Å². The lowest BCUT2D eigenvalue weighted by Crippen LogP contribution is -2.39. The van der Waals surface area contributed by atoms with Crippen molar-refractivity contribution in [2.45, 2.75) is 0 Å². The number of anilines is 3. The molecule has 0 spiro atoms. The Morgan fingerprint density at radius 2 is 2.03 bits per heavy atom. The minimum atomic E-state index is -0.372. The van der Waals surface area contributed by atoms with E-state index in [4.69, 9.17) is 27.9 Å². The molecular weight excluding hydrogens is 439 g/mol. The van der Waals surface area contributed by atoms with E-state index in [1.807, 2.05) is 12.1 Å². The van der Waals surface area contributed by atoms with Gasteiger partial charge in [0.05, 0.1) is 26.8 Å². The number of nitriles is 1. The van der Waals surface area contributed by atoms with Crippen LogP contribution in [0.15, 0.2) is 48.8 Å². The maximum atomic E-state index is 13.0. The summed E-state index contributed by atoms with van der Waals surface area (Å²) >= 11 is 12.5. The highest BCUT2D eigenvalue weighted by Crippen LogP contribution is 2.37. The van der Waals surface area contributed by atoms with E-state index in [1.54, 1.807) is 30.5 Å². The molecule has 5 rings (SSSR count). The molecule has 4 aromatic rings. The number of aromatic nitrogens is 3. The first-order valence-corrected chi connectivity index (χ1v) is 9.84. The van der Waals surface area contributed by atoms with E-state index in [-0.39, 0.29) is 30.0 Å². The third kappa shape index (κ3) is 3.30. The SMILES string of the molecule is N#Cc1cc(Nc2ncc3c(n2)OCN(c2c(Cl)cccc2Cl)C3=O)cc2cc[nH]c12. The number of para-hydroxylation sites is 1. The molecule has 0 radical (unpaired) electrons. The summed E-state index contributed by atoms with van der Waals surface area (Å²) in [5.74, 6) is 0.00279. The molecule has 0 fully saturated rings. The van der Waals surface area contributed by atoms with Gasteiger partial charge in [-0.25, -0.2) is 4.98 Å². The van der Waals surface area contributed by atoms with Gasteiger partial charge in [-0.1, -0.05) is 29.3 Å². The van der Waals surface area contributed by atoms with Gasteiger partial charge in [-0.05, 0) is 30.3 Å². The number of amides is 1. The number of carbonyl (C=O) groups is 1. The smallest absolute Gasteiger partial charge is 0.268 e. The van der Waals surface area contributed by atoms with Crippen molar-refractivity contribution in [1.82, 2.24) is 15.0 Å². The summed E-state index contributed by atoms with van der Waals surface area (Å²) in [5, 5.41) is 14.0. The van der Waals surface area contributed by atoms with E-state index in [0.29, 0.717) is 27.0 Å². The van der Waals surface area contributed by atoms with Crippen LogP contribution in [0.4, 0.5) is 17.3 Å². The van der Waals surface area contributed by atoms with Crippen LogP contribution in [0.3, 0.4) is 0 Å². The standard InChI is InChI=1S/C21H12Cl2N6O2/c22-15-2-1-3-16(23)18(15)29-10-31-19-14(20(29)30)9-26-21(28-19)27-13-6-11-4-5-25-17(11)12(7-13)8-24/h1-7,9,25H,10H2,(H,26,27,28). The summed E-state index contributed by atoms with van der Waals surface area (Å²) in [4.78, 5) is 25.9. The number of rotatable bonds is 3. The number of nitrogens with zero attached hydrogens (tertiary/aromatic N) is 4. The lowest BCUT2D eigenvalue weighted by atomic mass is 10.1. The second-order valence-corrected chi connectivity index (χ2v) is 7.51. The number of halogens is 2. The Kier molecular flexibility index (Phi) is 4.62. The highest BCUT2D eigenvalue weighted by molar-refractivity contribution is 6.40. The molecule has 8 nitrogen and oxygen atoms in total. The normalized spacial score (nSPS) is 12.9. The molecule has 152 valence electrons. The van der Waals surface area contributed by atoms with E-state index >= 15 is 0 Å². The predicted molar refractivity (Wildman–Crippen MR) is 117 cm³/mol. The number of carbonyl (C=O) groups excluding carboxylic acids is 1. The van der Waals surface area contributed by atoms with Crippen LogP contribution in [0.2, 0.25) is 10.0 Å². The largest absolute Gasteiger partial charge is 0.455 e. The van der Waals surface area contributed by atoms with Crippen LogP contribution >= 0.6 is 23.2 Å². The number of fused-ring (bicyclic) bond motifs is 2. The third-order valence-corrected chi connectivity index (χ3v) is 5.41. The fourth-order valence-electron chi connectivity index (χ4n) is 3.39. The van der Waals surface area contributed by atoms with Crippen molar-refractivity contribution < 1.29 is 9.53 Å². The Labute approximate surface area is 186 Å². The van der Waals surface area contributed by atoms with Gasteiger partial charge in [-0.15, -0.1) is 0 Å². The van der Waals surface area contributed by atoms with Gasteiger partial charge in [0.25, 0.3) is 5.91 Å². The van der Waals surface area contributed by atoms with Crippen LogP contribution in [0.1, 0.15) is 15.9 Å². The Morgan fingerprint density at radius 1 is 1.23 bits per heavy atom. The molecule has 0 atom stereocenters. The Balaban J connectivity index is 1.45. The lowest BCUT2D eigenvalue weighted by Gasteiger charge is -2.29. The van der Waals surface area contributed by atoms with Gasteiger partial charge in [0.1, 0.15) is 11.6 Å². The van der Waals surface area contributed by atoms with E-state index in [1.165, 1.54) is 11.1 Å². The molecule has 1 amide bonds. The average Bonchev–Trinajstić information content (AvgIpc) is 3.23. The number of H-pyrrole nitrogens is 1. The first-order chi connectivity index (χ1) is 15.0. The molecule has 2 aromatic heterocycles. The molecule has 0 saturated carbocycles. The van der Waals surface area contributed by atoms with Crippen LogP contribution in [0, 0.1) is 11.3 Å². The molecule has 0 saturated heterocycles. The first kappa shape index (κ1) is 19.2. The minimum absolute atomic E-state index is 0.0976. The van der Waals surface area contributed by atoms with Crippen LogP contribution in [-0.4, -0.2) is 27.6 Å². The Bertz CT molecular complexity index is 1370. The summed E-state index contributed by atoms with van der Waals surface area (Å²) in [6.45, 7) is -0.0976. The molecular formula is C21H12Cl2N6O2. The fourth-order valence-corrected chi connectivity index (χ4v) is 3.99. The number of hydrogen-bond donors (Lipinski definition) is 2. The molecule has 1 aliphatic heterocycles. The number of ether oxygens (including phenoxy) is 1. The summed E-state index contributed by atoms with van der Waals surface area (Å²) in [6, 6.07) is 12.6. The van der Waals surface area contributed by atoms with Gasteiger partial charge in [-0.2, -0.15) is 10.2 Å². The first-order valence-electron chi connectivity index (χ1n) is 9.09. The highest BCUT2D eigenvalue weighted by Gasteiger charge is 2.31. The molecule has 1 aliphatic rings. The summed E-state index contributed by atoms with van der Waals surface area (Å²) in [7, 11) is 0. The molecule has 0 bridgehead atoms.